The van der Waals surface area contributed by atoms with Crippen LogP contribution in [-0.4, -0.2) is 17.1 Å². The Morgan fingerprint density at radius 2 is 1.43 bits per heavy atom. The van der Waals surface area contributed by atoms with Crippen LogP contribution >= 0.6 is 0 Å². The van der Waals surface area contributed by atoms with Crippen molar-refractivity contribution in [3.05, 3.63) is 59.7 Å². The van der Waals surface area contributed by atoms with Gasteiger partial charge in [-0.25, -0.2) is 9.59 Å². The van der Waals surface area contributed by atoms with Gasteiger partial charge in [-0.2, -0.15) is 0 Å². The molecule has 0 heterocycles. The van der Waals surface area contributed by atoms with Gasteiger partial charge in [0.1, 0.15) is 0 Å². The van der Waals surface area contributed by atoms with Gasteiger partial charge >= 0.3 is 12.0 Å². The summed E-state index contributed by atoms with van der Waals surface area (Å²) in [6, 6.07) is 13.4. The Morgan fingerprint density at radius 3 is 1.91 bits per heavy atom. The third kappa shape index (κ3) is 5.14. The van der Waals surface area contributed by atoms with Gasteiger partial charge in [0.25, 0.3) is 0 Å². The normalized spacial score (nSPS) is 10.1. The smallest absolute Gasteiger partial charge is 0.335 e. The molecule has 120 valence electrons. The number of nitrogens with one attached hydrogen (secondary N) is 2. The van der Waals surface area contributed by atoms with Crippen LogP contribution in [0.3, 0.4) is 0 Å². The lowest BCUT2D eigenvalue weighted by atomic mass is 10.1. The first kappa shape index (κ1) is 16.5. The molecule has 0 saturated carbocycles. The average molecular weight is 312 g/mol. The van der Waals surface area contributed by atoms with Crippen LogP contribution in [0.5, 0.6) is 0 Å². The van der Waals surface area contributed by atoms with Crippen molar-refractivity contribution < 1.29 is 14.7 Å². The fraction of sp³-hybridized carbons (Fsp3) is 0.222. The summed E-state index contributed by atoms with van der Waals surface area (Å²) in [5.41, 5.74) is 2.68. The van der Waals surface area contributed by atoms with E-state index in [1.807, 2.05) is 24.3 Å². The van der Waals surface area contributed by atoms with Crippen molar-refractivity contribution in [1.82, 2.24) is 0 Å². The third-order valence-corrected chi connectivity index (χ3v) is 3.42. The van der Waals surface area contributed by atoms with Crippen molar-refractivity contribution in [2.45, 2.75) is 26.2 Å². The molecule has 2 rings (SSSR count). The largest absolute Gasteiger partial charge is 0.478 e. The molecule has 2 aromatic rings. The highest BCUT2D eigenvalue weighted by molar-refractivity contribution is 6.00. The van der Waals surface area contributed by atoms with E-state index in [-0.39, 0.29) is 11.6 Å². The molecule has 0 spiro atoms. The minimum Gasteiger partial charge on any atom is -0.478 e. The molecule has 0 unspecified atom stereocenters. The van der Waals surface area contributed by atoms with E-state index in [9.17, 15) is 9.59 Å². The first-order valence-electron chi connectivity index (χ1n) is 7.59. The van der Waals surface area contributed by atoms with Crippen molar-refractivity contribution in [2.24, 2.45) is 0 Å². The topological polar surface area (TPSA) is 78.4 Å². The van der Waals surface area contributed by atoms with Crippen LogP contribution in [0.2, 0.25) is 0 Å². The summed E-state index contributed by atoms with van der Waals surface area (Å²) in [6.07, 6.45) is 3.35. The van der Waals surface area contributed by atoms with Gasteiger partial charge in [-0.15, -0.1) is 0 Å². The highest BCUT2D eigenvalue weighted by Gasteiger charge is 2.05. The standard InChI is InChI=1S/C18H20N2O3/c1-2-3-4-13-5-9-15(10-6-13)19-18(23)20-16-11-7-14(8-12-16)17(21)22/h5-12H,2-4H2,1H3,(H,21,22)(H2,19,20,23). The van der Waals surface area contributed by atoms with Crippen molar-refractivity contribution in [2.75, 3.05) is 10.6 Å². The van der Waals surface area contributed by atoms with Gasteiger partial charge in [0.2, 0.25) is 0 Å². The lowest BCUT2D eigenvalue weighted by Crippen LogP contribution is -2.19. The minimum atomic E-state index is -0.996. The Balaban J connectivity index is 1.90. The Morgan fingerprint density at radius 1 is 0.913 bits per heavy atom. The number of carbonyl (C=O) groups excluding carboxylic acids is 1. The van der Waals surface area contributed by atoms with Gasteiger partial charge < -0.3 is 15.7 Å². The number of rotatable bonds is 6. The van der Waals surface area contributed by atoms with Crippen LogP contribution < -0.4 is 10.6 Å². The number of hydrogen-bond acceptors (Lipinski definition) is 2. The quantitative estimate of drug-likeness (QED) is 0.741. The molecule has 0 saturated heterocycles. The van der Waals surface area contributed by atoms with E-state index in [0.29, 0.717) is 11.4 Å². The van der Waals surface area contributed by atoms with Crippen molar-refractivity contribution in [3.63, 3.8) is 0 Å². The zero-order valence-electron chi connectivity index (χ0n) is 13.0. The summed E-state index contributed by atoms with van der Waals surface area (Å²) < 4.78 is 0. The summed E-state index contributed by atoms with van der Waals surface area (Å²) in [4.78, 5) is 22.7. The highest BCUT2D eigenvalue weighted by atomic mass is 16.4. The van der Waals surface area contributed by atoms with Gasteiger partial charge in [-0.05, 0) is 54.8 Å². The average Bonchev–Trinajstić information content (AvgIpc) is 2.54. The molecule has 0 atom stereocenters. The minimum absolute atomic E-state index is 0.179. The molecular weight excluding hydrogens is 292 g/mol. The number of benzene rings is 2. The van der Waals surface area contributed by atoms with Crippen LogP contribution in [0.15, 0.2) is 48.5 Å². The van der Waals surface area contributed by atoms with E-state index in [1.54, 1.807) is 12.1 Å². The molecule has 5 heteroatoms. The molecule has 0 aliphatic rings. The molecule has 0 radical (unpaired) electrons. The van der Waals surface area contributed by atoms with Crippen molar-refractivity contribution >= 4 is 23.4 Å². The second-order valence-electron chi connectivity index (χ2n) is 5.26. The maximum absolute atomic E-state index is 11.9. The molecule has 5 nitrogen and oxygen atoms in total. The molecule has 0 aromatic heterocycles. The predicted octanol–water partition coefficient (Wildman–Crippen LogP) is 4.37. The number of carboxylic acid groups (broad SMARTS) is 1. The van der Waals surface area contributed by atoms with Crippen LogP contribution in [-0.2, 0) is 6.42 Å². The number of amides is 2. The summed E-state index contributed by atoms with van der Waals surface area (Å²) >= 11 is 0. The van der Waals surface area contributed by atoms with E-state index in [4.69, 9.17) is 5.11 Å². The van der Waals surface area contributed by atoms with Gasteiger partial charge in [-0.3, -0.25) is 0 Å². The predicted molar refractivity (Wildman–Crippen MR) is 91.1 cm³/mol. The molecule has 2 amide bonds. The molecule has 0 fully saturated rings. The van der Waals surface area contributed by atoms with E-state index in [2.05, 4.69) is 17.6 Å². The fourth-order valence-corrected chi connectivity index (χ4v) is 2.13. The maximum Gasteiger partial charge on any atom is 0.335 e. The Labute approximate surface area is 135 Å². The van der Waals surface area contributed by atoms with Crippen LogP contribution in [0.4, 0.5) is 16.2 Å². The molecule has 3 N–H and O–H groups in total. The number of carbonyl (C=O) groups is 2. The molecule has 2 aromatic carbocycles. The van der Waals surface area contributed by atoms with Crippen molar-refractivity contribution in [3.8, 4) is 0 Å². The SMILES string of the molecule is CCCCc1ccc(NC(=O)Nc2ccc(C(=O)O)cc2)cc1. The second-order valence-corrected chi connectivity index (χ2v) is 5.26. The van der Waals surface area contributed by atoms with Crippen LogP contribution in [0.25, 0.3) is 0 Å². The van der Waals surface area contributed by atoms with E-state index in [1.165, 1.54) is 17.7 Å². The summed E-state index contributed by atoms with van der Waals surface area (Å²) in [5.74, 6) is -0.996. The van der Waals surface area contributed by atoms with E-state index < -0.39 is 5.97 Å². The molecule has 0 bridgehead atoms. The number of anilines is 2. The van der Waals surface area contributed by atoms with Gasteiger partial charge in [0.05, 0.1) is 5.56 Å². The van der Waals surface area contributed by atoms with Crippen LogP contribution in [0, 0.1) is 0 Å². The first-order valence-corrected chi connectivity index (χ1v) is 7.59. The maximum atomic E-state index is 11.9. The zero-order chi connectivity index (χ0) is 16.7. The molecule has 0 aliphatic heterocycles. The lowest BCUT2D eigenvalue weighted by Gasteiger charge is -2.08. The van der Waals surface area contributed by atoms with Crippen LogP contribution in [0.1, 0.15) is 35.7 Å². The number of carboxylic acids is 1. The molecule has 0 aliphatic carbocycles. The Kier molecular flexibility index (Phi) is 5.74. The van der Waals surface area contributed by atoms with E-state index in [0.717, 1.165) is 19.3 Å². The summed E-state index contributed by atoms with van der Waals surface area (Å²) in [7, 11) is 0. The number of aryl methyl sites for hydroxylation is 1. The van der Waals surface area contributed by atoms with Gasteiger partial charge in [-0.1, -0.05) is 25.5 Å². The highest BCUT2D eigenvalue weighted by Crippen LogP contribution is 2.13. The summed E-state index contributed by atoms with van der Waals surface area (Å²) in [5, 5.41) is 14.2. The monoisotopic (exact) mass is 312 g/mol. The number of aromatic carboxylic acids is 1. The first-order chi connectivity index (χ1) is 11.1. The fourth-order valence-electron chi connectivity index (χ4n) is 2.13. The van der Waals surface area contributed by atoms with Gasteiger partial charge in [0.15, 0.2) is 0 Å². The zero-order valence-corrected chi connectivity index (χ0v) is 13.0. The number of unbranched alkanes of at least 4 members (excludes halogenated alkanes) is 1. The molecular formula is C18H20N2O3. The Hall–Kier alpha value is -2.82. The van der Waals surface area contributed by atoms with E-state index >= 15 is 0 Å². The number of hydrogen-bond donors (Lipinski definition) is 3. The lowest BCUT2D eigenvalue weighted by molar-refractivity contribution is 0.0697. The molecule has 23 heavy (non-hydrogen) atoms. The Bertz CT molecular complexity index is 664. The third-order valence-electron chi connectivity index (χ3n) is 3.42. The second kappa shape index (κ2) is 7.98. The number of urea groups is 1. The van der Waals surface area contributed by atoms with Crippen molar-refractivity contribution in [1.29, 1.82) is 0 Å². The van der Waals surface area contributed by atoms with Gasteiger partial charge in [0, 0.05) is 11.4 Å². The summed E-state index contributed by atoms with van der Waals surface area (Å²) in [6.45, 7) is 2.16.